The molecule has 9 heteroatoms. The Morgan fingerprint density at radius 3 is 2.63 bits per heavy atom. The molecule has 2 N–H and O–H groups in total. The van der Waals surface area contributed by atoms with Crippen LogP contribution in [0.2, 0.25) is 5.02 Å². The van der Waals surface area contributed by atoms with Crippen molar-refractivity contribution in [3.63, 3.8) is 0 Å². The van der Waals surface area contributed by atoms with Gasteiger partial charge in [-0.25, -0.2) is 9.59 Å². The van der Waals surface area contributed by atoms with Gasteiger partial charge >= 0.3 is 11.9 Å². The molecule has 0 atom stereocenters. The Labute approximate surface area is 161 Å². The van der Waals surface area contributed by atoms with Crippen LogP contribution in [0.15, 0.2) is 29.5 Å². The normalized spacial score (nSPS) is 14.0. The molecule has 2 rings (SSSR count). The zero-order valence-electron chi connectivity index (χ0n) is 15.2. The van der Waals surface area contributed by atoms with Gasteiger partial charge in [0.2, 0.25) is 0 Å². The van der Waals surface area contributed by atoms with Crippen LogP contribution in [0.3, 0.4) is 0 Å². The van der Waals surface area contributed by atoms with E-state index in [1.54, 1.807) is 13.8 Å². The summed E-state index contributed by atoms with van der Waals surface area (Å²) in [5, 5.41) is 12.2. The number of carbonyl (C=O) groups excluding carboxylic acids is 3. The Balaban J connectivity index is 2.36. The molecule has 0 fully saturated rings. The number of hydrogen-bond donors (Lipinski definition) is 2. The molecule has 1 aromatic rings. The van der Waals surface area contributed by atoms with Crippen molar-refractivity contribution in [2.45, 2.75) is 20.0 Å². The summed E-state index contributed by atoms with van der Waals surface area (Å²) >= 11 is 6.17. The van der Waals surface area contributed by atoms with Crippen LogP contribution >= 0.6 is 11.6 Å². The Kier molecular flexibility index (Phi) is 6.81. The van der Waals surface area contributed by atoms with Gasteiger partial charge in [-0.3, -0.25) is 4.79 Å². The van der Waals surface area contributed by atoms with Gasteiger partial charge in [0.25, 0.3) is 5.91 Å². The first-order valence-electron chi connectivity index (χ1n) is 8.27. The quantitative estimate of drug-likeness (QED) is 0.674. The lowest BCUT2D eigenvalue weighted by atomic mass is 10.1. The minimum atomic E-state index is -0.669. The highest BCUT2D eigenvalue weighted by atomic mass is 35.5. The third-order valence-electron chi connectivity index (χ3n) is 3.76. The van der Waals surface area contributed by atoms with E-state index in [2.05, 4.69) is 5.32 Å². The Morgan fingerprint density at radius 2 is 2.04 bits per heavy atom. The predicted octanol–water partition coefficient (Wildman–Crippen LogP) is 1.58. The topological polar surface area (TPSA) is 105 Å². The molecule has 8 nitrogen and oxygen atoms in total. The van der Waals surface area contributed by atoms with Gasteiger partial charge < -0.3 is 24.8 Å². The number of β-amino-alcohol motifs (C(OH)–C–C–N with tert-alkyl or cyclic N) is 1. The second-order valence-electron chi connectivity index (χ2n) is 6.07. The van der Waals surface area contributed by atoms with Crippen molar-refractivity contribution >= 4 is 35.1 Å². The molecule has 146 valence electrons. The van der Waals surface area contributed by atoms with Crippen LogP contribution < -0.4 is 5.32 Å². The van der Waals surface area contributed by atoms with Crippen LogP contribution in [-0.4, -0.2) is 60.8 Å². The van der Waals surface area contributed by atoms with Crippen molar-refractivity contribution in [1.82, 2.24) is 4.90 Å². The summed E-state index contributed by atoms with van der Waals surface area (Å²) in [6, 6.07) is 4.43. The second-order valence-corrected chi connectivity index (χ2v) is 6.48. The molecule has 1 amide bonds. The Morgan fingerprint density at radius 1 is 1.33 bits per heavy atom. The number of nitrogens with one attached hydrogen (secondary N) is 1. The molecule has 0 bridgehead atoms. The van der Waals surface area contributed by atoms with Gasteiger partial charge in [0.15, 0.2) is 0 Å². The number of aliphatic hydroxyl groups is 1. The lowest BCUT2D eigenvalue weighted by molar-refractivity contribution is -0.136. The number of anilines is 1. The highest BCUT2D eigenvalue weighted by Gasteiger charge is 2.34. The van der Waals surface area contributed by atoms with Crippen LogP contribution in [-0.2, 0) is 19.1 Å². The molecule has 0 unspecified atom stereocenters. The first-order chi connectivity index (χ1) is 12.8. The minimum Gasteiger partial charge on any atom is -0.466 e. The van der Waals surface area contributed by atoms with Gasteiger partial charge in [-0.2, -0.15) is 0 Å². The lowest BCUT2D eigenvalue weighted by Gasteiger charge is -2.15. The minimum absolute atomic E-state index is 0.00109. The van der Waals surface area contributed by atoms with E-state index in [1.165, 1.54) is 30.2 Å². The van der Waals surface area contributed by atoms with Crippen LogP contribution in [0.1, 0.15) is 24.2 Å². The van der Waals surface area contributed by atoms with Gasteiger partial charge in [0, 0.05) is 6.54 Å². The fraction of sp³-hybridized carbons (Fsp3) is 0.389. The summed E-state index contributed by atoms with van der Waals surface area (Å²) in [7, 11) is 1.21. The molecule has 1 aromatic carbocycles. The summed E-state index contributed by atoms with van der Waals surface area (Å²) in [4.78, 5) is 38.0. The fourth-order valence-electron chi connectivity index (χ4n) is 2.51. The number of nitrogens with zero attached hydrogens (tertiary/aromatic N) is 1. The molecule has 1 heterocycles. The summed E-state index contributed by atoms with van der Waals surface area (Å²) < 4.78 is 9.88. The van der Waals surface area contributed by atoms with E-state index in [1.807, 2.05) is 0 Å². The average Bonchev–Trinajstić information content (AvgIpc) is 2.92. The smallest absolute Gasteiger partial charge is 0.338 e. The van der Waals surface area contributed by atoms with Gasteiger partial charge in [-0.05, 0) is 32.0 Å². The third-order valence-corrected chi connectivity index (χ3v) is 4.09. The van der Waals surface area contributed by atoms with E-state index in [-0.39, 0.29) is 53.3 Å². The van der Waals surface area contributed by atoms with E-state index in [0.717, 1.165) is 0 Å². The Bertz CT molecular complexity index is 790. The number of methoxy groups -OCH3 is 1. The SMILES string of the molecule is COC(=O)C1=C(Nc2cc(C(=O)OC(C)C)ccc2Cl)C(=O)N(CCO)C1. The molecule has 0 saturated heterocycles. The van der Waals surface area contributed by atoms with Crippen molar-refractivity contribution in [1.29, 1.82) is 0 Å². The van der Waals surface area contributed by atoms with E-state index < -0.39 is 17.8 Å². The van der Waals surface area contributed by atoms with Crippen LogP contribution in [0, 0.1) is 0 Å². The molecule has 0 spiro atoms. The molecular formula is C18H21ClN2O6. The van der Waals surface area contributed by atoms with Crippen molar-refractivity contribution in [3.05, 3.63) is 40.1 Å². The van der Waals surface area contributed by atoms with E-state index >= 15 is 0 Å². The number of hydrogen-bond acceptors (Lipinski definition) is 7. The molecule has 0 saturated carbocycles. The molecule has 0 aromatic heterocycles. The number of amides is 1. The Hall–Kier alpha value is -2.58. The van der Waals surface area contributed by atoms with Crippen molar-refractivity contribution in [2.24, 2.45) is 0 Å². The van der Waals surface area contributed by atoms with Crippen LogP contribution in [0.5, 0.6) is 0 Å². The maximum absolute atomic E-state index is 12.6. The molecule has 1 aliphatic rings. The number of ether oxygens (including phenoxy) is 2. The average molecular weight is 397 g/mol. The summed E-state index contributed by atoms with van der Waals surface area (Å²) in [6.45, 7) is 3.28. The largest absolute Gasteiger partial charge is 0.466 e. The summed E-state index contributed by atoms with van der Waals surface area (Å²) in [6.07, 6.45) is -0.290. The predicted molar refractivity (Wildman–Crippen MR) is 98.3 cm³/mol. The number of esters is 2. The van der Waals surface area contributed by atoms with Gasteiger partial charge in [-0.1, -0.05) is 11.6 Å². The number of benzene rings is 1. The molecule has 0 aliphatic carbocycles. The van der Waals surface area contributed by atoms with E-state index in [0.29, 0.717) is 0 Å². The van der Waals surface area contributed by atoms with Gasteiger partial charge in [0.05, 0.1) is 48.2 Å². The zero-order chi connectivity index (χ0) is 20.1. The van der Waals surface area contributed by atoms with Crippen molar-refractivity contribution in [2.75, 3.05) is 32.1 Å². The first-order valence-corrected chi connectivity index (χ1v) is 8.65. The van der Waals surface area contributed by atoms with Crippen molar-refractivity contribution < 1.29 is 29.0 Å². The molecule has 1 aliphatic heterocycles. The van der Waals surface area contributed by atoms with Gasteiger partial charge in [0.1, 0.15) is 5.70 Å². The number of halogens is 1. The summed E-state index contributed by atoms with van der Waals surface area (Å²) in [5.41, 5.74) is 0.618. The maximum Gasteiger partial charge on any atom is 0.338 e. The first kappa shape index (κ1) is 20.7. The standard InChI is InChI=1S/C18H21ClN2O6/c1-10(2)27-17(24)11-4-5-13(19)14(8-11)20-15-12(18(25)26-3)9-21(6-7-22)16(15)23/h4-5,8,10,20,22H,6-7,9H2,1-3H3. The molecular weight excluding hydrogens is 376 g/mol. The van der Waals surface area contributed by atoms with Crippen LogP contribution in [0.25, 0.3) is 0 Å². The maximum atomic E-state index is 12.6. The number of carbonyl (C=O) groups is 3. The van der Waals surface area contributed by atoms with Gasteiger partial charge in [-0.15, -0.1) is 0 Å². The second kappa shape index (κ2) is 8.88. The third kappa shape index (κ3) is 4.78. The zero-order valence-corrected chi connectivity index (χ0v) is 16.0. The van der Waals surface area contributed by atoms with E-state index in [9.17, 15) is 14.4 Å². The monoisotopic (exact) mass is 396 g/mol. The highest BCUT2D eigenvalue weighted by molar-refractivity contribution is 6.33. The van der Waals surface area contributed by atoms with E-state index in [4.69, 9.17) is 26.2 Å². The lowest BCUT2D eigenvalue weighted by Crippen LogP contribution is -2.31. The number of rotatable bonds is 7. The molecule has 27 heavy (non-hydrogen) atoms. The fourth-order valence-corrected chi connectivity index (χ4v) is 2.68. The van der Waals surface area contributed by atoms with Crippen molar-refractivity contribution in [3.8, 4) is 0 Å². The molecule has 0 radical (unpaired) electrons. The highest BCUT2D eigenvalue weighted by Crippen LogP contribution is 2.28. The number of aliphatic hydroxyl groups excluding tert-OH is 1. The summed E-state index contributed by atoms with van der Waals surface area (Å²) in [5.74, 6) is -1.68. The van der Waals surface area contributed by atoms with Crippen LogP contribution in [0.4, 0.5) is 5.69 Å².